The van der Waals surface area contributed by atoms with Gasteiger partial charge < -0.3 is 20.9 Å². The molecule has 4 rings (SSSR count). The van der Waals surface area contributed by atoms with Crippen molar-refractivity contribution in [1.82, 2.24) is 20.2 Å². The van der Waals surface area contributed by atoms with Gasteiger partial charge in [0.1, 0.15) is 34.8 Å². The highest BCUT2D eigenvalue weighted by molar-refractivity contribution is 6.39. The van der Waals surface area contributed by atoms with Crippen molar-refractivity contribution in [3.63, 3.8) is 0 Å². The van der Waals surface area contributed by atoms with Gasteiger partial charge in [-0.2, -0.15) is 0 Å². The van der Waals surface area contributed by atoms with Crippen LogP contribution in [0.5, 0.6) is 0 Å². The fraction of sp³-hybridized carbons (Fsp3) is 0.280. The molecule has 2 heterocycles. The van der Waals surface area contributed by atoms with Gasteiger partial charge in [-0.25, -0.2) is 18.8 Å². The molecule has 184 valence electrons. The van der Waals surface area contributed by atoms with Crippen molar-refractivity contribution in [3.8, 4) is 11.4 Å². The molecule has 10 heteroatoms. The fourth-order valence-electron chi connectivity index (χ4n) is 4.05. The maximum absolute atomic E-state index is 13.9. The molecule has 4 N–H and O–H groups in total. The summed E-state index contributed by atoms with van der Waals surface area (Å²) in [6.07, 6.45) is 3.66. The summed E-state index contributed by atoms with van der Waals surface area (Å²) in [4.78, 5) is 9.01. The molecule has 1 fully saturated rings. The minimum absolute atomic E-state index is 0.0986. The molecule has 1 atom stereocenters. The van der Waals surface area contributed by atoms with Crippen molar-refractivity contribution in [2.24, 2.45) is 10.9 Å². The van der Waals surface area contributed by atoms with Crippen LogP contribution in [0.1, 0.15) is 24.1 Å². The van der Waals surface area contributed by atoms with Crippen LogP contribution in [0, 0.1) is 17.6 Å². The number of aliphatic imine (C=N–C) groups is 1. The molecule has 35 heavy (non-hydrogen) atoms. The molecule has 0 saturated carbocycles. The van der Waals surface area contributed by atoms with Crippen LogP contribution >= 0.6 is 23.2 Å². The highest BCUT2D eigenvalue weighted by Crippen LogP contribution is 2.36. The summed E-state index contributed by atoms with van der Waals surface area (Å²) >= 11 is 13.0. The number of halogens is 4. The van der Waals surface area contributed by atoms with Gasteiger partial charge in [-0.3, -0.25) is 0 Å². The largest absolute Gasteiger partial charge is 0.383 e. The van der Waals surface area contributed by atoms with E-state index in [1.807, 2.05) is 4.57 Å². The number of aromatic nitrogens is 2. The minimum Gasteiger partial charge on any atom is -0.383 e. The molecule has 0 bridgehead atoms. The average molecular weight is 519 g/mol. The van der Waals surface area contributed by atoms with Gasteiger partial charge >= 0.3 is 0 Å². The zero-order valence-corrected chi connectivity index (χ0v) is 20.5. The lowest BCUT2D eigenvalue weighted by Crippen LogP contribution is -2.32. The number of nitrogen functional groups attached to an aromatic ring is 1. The van der Waals surface area contributed by atoms with Crippen molar-refractivity contribution in [2.75, 3.05) is 18.8 Å². The highest BCUT2D eigenvalue weighted by atomic mass is 35.5. The third-order valence-electron chi connectivity index (χ3n) is 5.90. The van der Waals surface area contributed by atoms with Crippen molar-refractivity contribution in [3.05, 3.63) is 81.7 Å². The van der Waals surface area contributed by atoms with Crippen molar-refractivity contribution in [1.29, 1.82) is 0 Å². The van der Waals surface area contributed by atoms with Gasteiger partial charge in [0.2, 0.25) is 0 Å². The number of benzene rings is 2. The SMILES string of the molecule is C=C(N=Cc1nc(-c2c(Cl)cccc2Cl)n(C[C@@H]2CCCNC2)c1N)NCc1ccc(F)cc1F. The molecule has 0 amide bonds. The first-order valence-corrected chi connectivity index (χ1v) is 12.0. The molecular weight excluding hydrogens is 493 g/mol. The van der Waals surface area contributed by atoms with Gasteiger partial charge in [-0.15, -0.1) is 0 Å². The fourth-order valence-corrected chi connectivity index (χ4v) is 4.62. The summed E-state index contributed by atoms with van der Waals surface area (Å²) in [7, 11) is 0. The maximum atomic E-state index is 13.9. The van der Waals surface area contributed by atoms with Gasteiger partial charge in [0, 0.05) is 24.7 Å². The van der Waals surface area contributed by atoms with Crippen LogP contribution < -0.4 is 16.4 Å². The van der Waals surface area contributed by atoms with Crippen LogP contribution in [0.25, 0.3) is 11.4 Å². The Morgan fingerprint density at radius 2 is 2.06 bits per heavy atom. The quantitative estimate of drug-likeness (QED) is 0.349. The molecule has 2 aromatic carbocycles. The van der Waals surface area contributed by atoms with E-state index in [0.717, 1.165) is 32.0 Å². The summed E-state index contributed by atoms with van der Waals surface area (Å²) in [5, 5.41) is 7.27. The molecule has 1 aliphatic rings. The number of nitrogens with one attached hydrogen (secondary N) is 2. The lowest BCUT2D eigenvalue weighted by Gasteiger charge is -2.24. The molecule has 6 nitrogen and oxygen atoms in total. The van der Waals surface area contributed by atoms with E-state index >= 15 is 0 Å². The molecule has 0 unspecified atom stereocenters. The van der Waals surface area contributed by atoms with Gasteiger partial charge in [0.15, 0.2) is 0 Å². The van der Waals surface area contributed by atoms with Crippen LogP contribution in [0.4, 0.5) is 14.6 Å². The van der Waals surface area contributed by atoms with Crippen molar-refractivity contribution < 1.29 is 8.78 Å². The Labute approximate surface area is 212 Å². The topological polar surface area (TPSA) is 80.3 Å². The van der Waals surface area contributed by atoms with Gasteiger partial charge in [0.05, 0.1) is 21.8 Å². The third kappa shape index (κ3) is 6.01. The number of anilines is 1. The molecule has 1 aromatic heterocycles. The summed E-state index contributed by atoms with van der Waals surface area (Å²) < 4.78 is 28.9. The number of rotatable bonds is 8. The standard InChI is InChI=1S/C25H26Cl2F2N6/c1-15(32-12-17-7-8-18(28)10-21(17)29)33-13-22-24(30)35(14-16-4-3-9-31-11-16)25(34-22)23-19(26)5-2-6-20(23)27/h2,5-8,10,13,16,31-32H,1,3-4,9,11-12,14,30H2/t16-/m1/s1. The van der Waals surface area contributed by atoms with E-state index in [0.29, 0.717) is 51.0 Å². The van der Waals surface area contributed by atoms with Crippen molar-refractivity contribution >= 4 is 35.2 Å². The average Bonchev–Trinajstić information content (AvgIpc) is 3.12. The molecule has 0 aliphatic carbocycles. The van der Waals surface area contributed by atoms with E-state index in [9.17, 15) is 8.78 Å². The van der Waals surface area contributed by atoms with E-state index < -0.39 is 11.6 Å². The van der Waals surface area contributed by atoms with E-state index in [-0.39, 0.29) is 12.4 Å². The molecule has 1 saturated heterocycles. The number of piperidine rings is 1. The zero-order valence-electron chi connectivity index (χ0n) is 19.0. The summed E-state index contributed by atoms with van der Waals surface area (Å²) in [6, 6.07) is 8.69. The maximum Gasteiger partial charge on any atom is 0.145 e. The van der Waals surface area contributed by atoms with Crippen LogP contribution in [0.2, 0.25) is 10.0 Å². The predicted molar refractivity (Wildman–Crippen MR) is 138 cm³/mol. The highest BCUT2D eigenvalue weighted by Gasteiger charge is 2.23. The number of nitrogens with two attached hydrogens (primary N) is 1. The summed E-state index contributed by atoms with van der Waals surface area (Å²) in [5.41, 5.74) is 7.85. The Kier molecular flexibility index (Phi) is 8.05. The Bertz CT molecular complexity index is 1230. The van der Waals surface area contributed by atoms with E-state index in [2.05, 4.69) is 22.2 Å². The number of nitrogens with zero attached hydrogens (tertiary/aromatic N) is 3. The van der Waals surface area contributed by atoms with Crippen LogP contribution in [-0.4, -0.2) is 28.9 Å². The minimum atomic E-state index is -0.643. The third-order valence-corrected chi connectivity index (χ3v) is 6.53. The van der Waals surface area contributed by atoms with Crippen LogP contribution in [-0.2, 0) is 13.1 Å². The van der Waals surface area contributed by atoms with E-state index in [4.69, 9.17) is 33.9 Å². The Morgan fingerprint density at radius 3 is 2.74 bits per heavy atom. The monoisotopic (exact) mass is 518 g/mol. The molecule has 3 aromatic rings. The van der Waals surface area contributed by atoms with Gasteiger partial charge in [0.25, 0.3) is 0 Å². The Hall–Kier alpha value is -2.94. The molecule has 1 aliphatic heterocycles. The first-order valence-electron chi connectivity index (χ1n) is 11.3. The smallest absolute Gasteiger partial charge is 0.145 e. The Balaban J connectivity index is 1.58. The first-order chi connectivity index (χ1) is 16.8. The molecular formula is C25H26Cl2F2N6. The summed E-state index contributed by atoms with van der Waals surface area (Å²) in [6.45, 7) is 6.48. The van der Waals surface area contributed by atoms with Gasteiger partial charge in [-0.05, 0) is 50.0 Å². The second-order valence-corrected chi connectivity index (χ2v) is 9.23. The number of hydrogen-bond donors (Lipinski definition) is 3. The summed E-state index contributed by atoms with van der Waals surface area (Å²) in [5.74, 6) is 0.381. The van der Waals surface area contributed by atoms with Crippen molar-refractivity contribution in [2.45, 2.75) is 25.9 Å². The zero-order chi connectivity index (χ0) is 24.9. The number of hydrogen-bond acceptors (Lipinski definition) is 5. The van der Waals surface area contributed by atoms with E-state index in [1.54, 1.807) is 18.2 Å². The lowest BCUT2D eigenvalue weighted by atomic mass is 9.99. The second-order valence-electron chi connectivity index (χ2n) is 8.42. The number of imidazole rings is 1. The first kappa shape index (κ1) is 25.2. The van der Waals surface area contributed by atoms with Gasteiger partial charge in [-0.1, -0.05) is 41.9 Å². The lowest BCUT2D eigenvalue weighted by molar-refractivity contribution is 0.340. The predicted octanol–water partition coefficient (Wildman–Crippen LogP) is 5.40. The van der Waals surface area contributed by atoms with E-state index in [1.165, 1.54) is 18.3 Å². The molecule has 0 radical (unpaired) electrons. The molecule has 0 spiro atoms. The Morgan fingerprint density at radius 1 is 1.29 bits per heavy atom. The van der Waals surface area contributed by atoms with Crippen LogP contribution in [0.3, 0.4) is 0 Å². The second kappa shape index (κ2) is 11.2. The van der Waals surface area contributed by atoms with Crippen LogP contribution in [0.15, 0.2) is 53.8 Å². The normalized spacial score (nSPS) is 16.1.